The second kappa shape index (κ2) is 7.94. The highest BCUT2D eigenvalue weighted by Crippen LogP contribution is 2.20. The highest BCUT2D eigenvalue weighted by Gasteiger charge is 2.35. The van der Waals surface area contributed by atoms with Crippen molar-refractivity contribution in [2.75, 3.05) is 12.0 Å². The van der Waals surface area contributed by atoms with Crippen LogP contribution in [0.1, 0.15) is 12.8 Å². The third kappa shape index (κ3) is 5.88. The number of hydrogen-bond acceptors (Lipinski definition) is 3. The minimum absolute atomic E-state index is 0. The molecule has 0 atom stereocenters. The van der Waals surface area contributed by atoms with Gasteiger partial charge in [-0.15, -0.1) is 12.4 Å². The smallest absolute Gasteiger partial charge is 0.330 e. The van der Waals surface area contributed by atoms with Gasteiger partial charge in [0.15, 0.2) is 0 Å². The SMILES string of the molecule is Cl.NCCC/C(=N\Nc1ccccc1)C(F)(F)F. The number of halogens is 4. The Hall–Kier alpha value is -1.27. The molecule has 0 saturated carbocycles. The molecule has 0 radical (unpaired) electrons. The van der Waals surface area contributed by atoms with Crippen molar-refractivity contribution in [3.63, 3.8) is 0 Å². The molecule has 7 heteroatoms. The monoisotopic (exact) mass is 281 g/mol. The molecule has 0 unspecified atom stereocenters. The van der Waals surface area contributed by atoms with Crippen molar-refractivity contribution < 1.29 is 13.2 Å². The molecule has 1 aromatic carbocycles. The van der Waals surface area contributed by atoms with E-state index in [0.29, 0.717) is 5.69 Å². The van der Waals surface area contributed by atoms with Gasteiger partial charge in [0.1, 0.15) is 5.71 Å². The van der Waals surface area contributed by atoms with Gasteiger partial charge in [0.05, 0.1) is 5.69 Å². The highest BCUT2D eigenvalue weighted by atomic mass is 35.5. The fourth-order valence-corrected chi connectivity index (χ4v) is 1.18. The number of alkyl halides is 3. The topological polar surface area (TPSA) is 50.4 Å². The summed E-state index contributed by atoms with van der Waals surface area (Å²) in [7, 11) is 0. The summed E-state index contributed by atoms with van der Waals surface area (Å²) >= 11 is 0. The number of nitrogens with two attached hydrogens (primary N) is 1. The van der Waals surface area contributed by atoms with Crippen LogP contribution in [0.4, 0.5) is 18.9 Å². The van der Waals surface area contributed by atoms with Gasteiger partial charge in [0, 0.05) is 0 Å². The molecule has 102 valence electrons. The van der Waals surface area contributed by atoms with Crippen LogP contribution in [0.5, 0.6) is 0 Å². The zero-order chi connectivity index (χ0) is 12.7. The Morgan fingerprint density at radius 2 is 1.83 bits per heavy atom. The zero-order valence-corrected chi connectivity index (χ0v) is 10.4. The Kier molecular flexibility index (Phi) is 7.38. The lowest BCUT2D eigenvalue weighted by Gasteiger charge is -2.10. The number of hydrogen-bond donors (Lipinski definition) is 2. The lowest BCUT2D eigenvalue weighted by atomic mass is 10.2. The van der Waals surface area contributed by atoms with Gasteiger partial charge in [0.25, 0.3) is 0 Å². The summed E-state index contributed by atoms with van der Waals surface area (Å²) in [6.07, 6.45) is -4.34. The van der Waals surface area contributed by atoms with E-state index in [1.165, 1.54) is 0 Å². The molecule has 0 aliphatic carbocycles. The van der Waals surface area contributed by atoms with E-state index >= 15 is 0 Å². The van der Waals surface area contributed by atoms with Gasteiger partial charge in [-0.25, -0.2) is 0 Å². The van der Waals surface area contributed by atoms with Crippen LogP contribution in [0, 0.1) is 0 Å². The molecule has 3 nitrogen and oxygen atoms in total. The quantitative estimate of drug-likeness (QED) is 0.643. The van der Waals surface area contributed by atoms with E-state index < -0.39 is 11.9 Å². The Bertz CT molecular complexity index is 366. The minimum atomic E-state index is -4.42. The van der Waals surface area contributed by atoms with Crippen molar-refractivity contribution in [3.8, 4) is 0 Å². The van der Waals surface area contributed by atoms with Crippen LogP contribution in [0.3, 0.4) is 0 Å². The van der Waals surface area contributed by atoms with Crippen LogP contribution < -0.4 is 11.2 Å². The molecule has 3 N–H and O–H groups in total. The van der Waals surface area contributed by atoms with Gasteiger partial charge < -0.3 is 5.73 Å². The molecule has 18 heavy (non-hydrogen) atoms. The Balaban J connectivity index is 0.00000289. The van der Waals surface area contributed by atoms with Crippen LogP contribution in [0.25, 0.3) is 0 Å². The lowest BCUT2D eigenvalue weighted by Crippen LogP contribution is -2.25. The Morgan fingerprint density at radius 1 is 1.22 bits per heavy atom. The van der Waals surface area contributed by atoms with E-state index in [0.717, 1.165) is 0 Å². The summed E-state index contributed by atoms with van der Waals surface area (Å²) in [6, 6.07) is 8.48. The average Bonchev–Trinajstić information content (AvgIpc) is 2.29. The number of nitrogens with zero attached hydrogens (tertiary/aromatic N) is 1. The summed E-state index contributed by atoms with van der Waals surface area (Å²) in [6.45, 7) is 0.209. The first kappa shape index (κ1) is 16.7. The molecule has 0 spiro atoms. The highest BCUT2D eigenvalue weighted by molar-refractivity contribution is 5.90. The second-order valence-corrected chi connectivity index (χ2v) is 3.43. The van der Waals surface area contributed by atoms with Crippen molar-refractivity contribution >= 4 is 23.8 Å². The van der Waals surface area contributed by atoms with Crippen molar-refractivity contribution in [2.24, 2.45) is 10.8 Å². The normalized spacial score (nSPS) is 11.9. The molecule has 0 amide bonds. The number of para-hydroxylation sites is 1. The molecule has 0 aromatic heterocycles. The van der Waals surface area contributed by atoms with Crippen molar-refractivity contribution in [3.05, 3.63) is 30.3 Å². The molecule has 0 saturated heterocycles. The maximum Gasteiger partial charge on any atom is 0.431 e. The second-order valence-electron chi connectivity index (χ2n) is 3.43. The largest absolute Gasteiger partial charge is 0.431 e. The summed E-state index contributed by atoms with van der Waals surface area (Å²) in [5, 5.41) is 3.39. The number of hydrazone groups is 1. The predicted octanol–water partition coefficient (Wildman–Crippen LogP) is 3.18. The standard InChI is InChI=1S/C11H14F3N3.ClH/c12-11(13,14)10(7-4-8-15)17-16-9-5-2-1-3-6-9;/h1-3,5-6,16H,4,7-8,15H2;1H/b17-10+;. The third-order valence-corrected chi connectivity index (χ3v) is 2.04. The number of anilines is 1. The van der Waals surface area contributed by atoms with Crippen LogP contribution in [0.2, 0.25) is 0 Å². The molecular formula is C11H15ClF3N3. The summed E-state index contributed by atoms with van der Waals surface area (Å²) < 4.78 is 37.6. The Morgan fingerprint density at radius 3 is 2.33 bits per heavy atom. The predicted molar refractivity (Wildman–Crippen MR) is 69.1 cm³/mol. The maximum absolute atomic E-state index is 12.5. The summed E-state index contributed by atoms with van der Waals surface area (Å²) in [5.74, 6) is 0. The molecule has 0 heterocycles. The third-order valence-electron chi connectivity index (χ3n) is 2.04. The van der Waals surface area contributed by atoms with E-state index in [-0.39, 0.29) is 31.8 Å². The maximum atomic E-state index is 12.5. The fraction of sp³-hybridized carbons (Fsp3) is 0.364. The van der Waals surface area contributed by atoms with Gasteiger partial charge in [-0.1, -0.05) is 18.2 Å². The van der Waals surface area contributed by atoms with Crippen molar-refractivity contribution in [2.45, 2.75) is 19.0 Å². The van der Waals surface area contributed by atoms with E-state index in [9.17, 15) is 13.2 Å². The Labute approximate surface area is 110 Å². The van der Waals surface area contributed by atoms with E-state index in [2.05, 4.69) is 10.5 Å². The number of rotatable bonds is 5. The van der Waals surface area contributed by atoms with Gasteiger partial charge in [-0.05, 0) is 31.5 Å². The molecule has 0 aliphatic rings. The van der Waals surface area contributed by atoms with E-state index in [4.69, 9.17) is 5.73 Å². The van der Waals surface area contributed by atoms with Crippen LogP contribution in [-0.4, -0.2) is 18.4 Å². The van der Waals surface area contributed by atoms with E-state index in [1.54, 1.807) is 30.3 Å². The summed E-state index contributed by atoms with van der Waals surface area (Å²) in [5.41, 5.74) is 7.25. The fourth-order valence-electron chi connectivity index (χ4n) is 1.18. The number of benzene rings is 1. The lowest BCUT2D eigenvalue weighted by molar-refractivity contribution is -0.0606. The zero-order valence-electron chi connectivity index (χ0n) is 9.57. The first-order chi connectivity index (χ1) is 8.04. The van der Waals surface area contributed by atoms with Crippen molar-refractivity contribution in [1.82, 2.24) is 0 Å². The average molecular weight is 282 g/mol. The van der Waals surface area contributed by atoms with Crippen LogP contribution >= 0.6 is 12.4 Å². The minimum Gasteiger partial charge on any atom is -0.330 e. The molecule has 0 bridgehead atoms. The van der Waals surface area contributed by atoms with E-state index in [1.807, 2.05) is 0 Å². The van der Waals surface area contributed by atoms with Gasteiger partial charge >= 0.3 is 6.18 Å². The van der Waals surface area contributed by atoms with Crippen molar-refractivity contribution in [1.29, 1.82) is 0 Å². The van der Waals surface area contributed by atoms with Crippen LogP contribution in [-0.2, 0) is 0 Å². The molecule has 1 aromatic rings. The molecule has 0 aliphatic heterocycles. The first-order valence-electron chi connectivity index (χ1n) is 5.19. The molecular weight excluding hydrogens is 267 g/mol. The van der Waals surface area contributed by atoms with Crippen LogP contribution in [0.15, 0.2) is 35.4 Å². The van der Waals surface area contributed by atoms with Gasteiger partial charge in [0.2, 0.25) is 0 Å². The summed E-state index contributed by atoms with van der Waals surface area (Å²) in [4.78, 5) is 0. The molecule has 1 rings (SSSR count). The molecule has 0 fully saturated rings. The van der Waals surface area contributed by atoms with Gasteiger partial charge in [-0.3, -0.25) is 5.43 Å². The van der Waals surface area contributed by atoms with Gasteiger partial charge in [-0.2, -0.15) is 18.3 Å². The number of nitrogens with one attached hydrogen (secondary N) is 1. The first-order valence-corrected chi connectivity index (χ1v) is 5.19.